The molecule has 12 heavy (non-hydrogen) atoms. The Morgan fingerprint density at radius 1 is 1.33 bits per heavy atom. The van der Waals surface area contributed by atoms with Gasteiger partial charge < -0.3 is 14.4 Å². The molecule has 0 spiro atoms. The van der Waals surface area contributed by atoms with E-state index in [4.69, 9.17) is 9.47 Å². The molecule has 2 aliphatic heterocycles. The van der Waals surface area contributed by atoms with Gasteiger partial charge >= 0.3 is 5.97 Å². The van der Waals surface area contributed by atoms with E-state index < -0.39 is 0 Å². The van der Waals surface area contributed by atoms with Crippen molar-refractivity contribution in [1.82, 2.24) is 4.90 Å². The molecule has 66 valence electrons. The first kappa shape index (κ1) is 7.61. The molecule has 0 aromatic carbocycles. The number of hydrogen-bond acceptors (Lipinski definition) is 4. The smallest absolute Gasteiger partial charge is 0.354 e. The summed E-state index contributed by atoms with van der Waals surface area (Å²) in [5.41, 5.74) is 0.707. The summed E-state index contributed by atoms with van der Waals surface area (Å²) in [6.07, 6.45) is 1.83. The molecule has 0 aromatic rings. The lowest BCUT2D eigenvalue weighted by Crippen LogP contribution is -2.37. The molecule has 0 atom stereocenters. The highest BCUT2D eigenvalue weighted by Crippen LogP contribution is 2.13. The van der Waals surface area contributed by atoms with E-state index >= 15 is 0 Å². The van der Waals surface area contributed by atoms with Crippen molar-refractivity contribution in [3.63, 3.8) is 0 Å². The molecule has 0 unspecified atom stereocenters. The molecule has 1 saturated heterocycles. The molecule has 2 heterocycles. The number of nitrogens with zero attached hydrogens (tertiary/aromatic N) is 1. The number of carbonyl (C=O) groups excluding carboxylic acids is 1. The number of hydrogen-bond donors (Lipinski definition) is 0. The predicted octanol–water partition coefficient (Wildman–Crippen LogP) is -0.241. The molecular formula is C8H11NO3. The minimum atomic E-state index is -0.197. The minimum Gasteiger partial charge on any atom is -0.457 e. The third-order valence-electron chi connectivity index (χ3n) is 2.05. The van der Waals surface area contributed by atoms with Crippen LogP contribution >= 0.6 is 0 Å². The lowest BCUT2D eigenvalue weighted by Gasteiger charge is -2.27. The second-order valence-electron chi connectivity index (χ2n) is 2.79. The van der Waals surface area contributed by atoms with E-state index in [-0.39, 0.29) is 5.97 Å². The summed E-state index contributed by atoms with van der Waals surface area (Å²) in [5.74, 6) is -0.197. The van der Waals surface area contributed by atoms with Crippen LogP contribution in [0.5, 0.6) is 0 Å². The summed E-state index contributed by atoms with van der Waals surface area (Å²) in [5, 5.41) is 0. The Balaban J connectivity index is 2.02. The van der Waals surface area contributed by atoms with Gasteiger partial charge in [-0.15, -0.1) is 0 Å². The first-order chi connectivity index (χ1) is 5.88. The normalized spacial score (nSPS) is 23.8. The van der Waals surface area contributed by atoms with Gasteiger partial charge in [-0.3, -0.25) is 0 Å². The van der Waals surface area contributed by atoms with Gasteiger partial charge in [-0.05, 0) is 6.08 Å². The van der Waals surface area contributed by atoms with E-state index in [9.17, 15) is 4.79 Å². The zero-order valence-electron chi connectivity index (χ0n) is 6.78. The van der Waals surface area contributed by atoms with Gasteiger partial charge in [0, 0.05) is 13.1 Å². The molecule has 4 heteroatoms. The number of morpholine rings is 1. The first-order valence-corrected chi connectivity index (χ1v) is 4.08. The molecule has 0 N–H and O–H groups in total. The van der Waals surface area contributed by atoms with Crippen LogP contribution in [0.1, 0.15) is 0 Å². The summed E-state index contributed by atoms with van der Waals surface area (Å²) in [6, 6.07) is 0. The van der Waals surface area contributed by atoms with Gasteiger partial charge in [0.1, 0.15) is 12.3 Å². The van der Waals surface area contributed by atoms with Crippen molar-refractivity contribution >= 4 is 5.97 Å². The minimum absolute atomic E-state index is 0.197. The van der Waals surface area contributed by atoms with Crippen molar-refractivity contribution in [3.05, 3.63) is 11.8 Å². The predicted molar refractivity (Wildman–Crippen MR) is 41.4 cm³/mol. The van der Waals surface area contributed by atoms with E-state index in [1.54, 1.807) is 0 Å². The molecule has 1 fully saturated rings. The number of rotatable bonds is 1. The van der Waals surface area contributed by atoms with E-state index in [1.165, 1.54) is 0 Å². The van der Waals surface area contributed by atoms with Crippen molar-refractivity contribution in [2.45, 2.75) is 0 Å². The van der Waals surface area contributed by atoms with Gasteiger partial charge in [-0.25, -0.2) is 4.79 Å². The quantitative estimate of drug-likeness (QED) is 0.508. The van der Waals surface area contributed by atoms with Crippen molar-refractivity contribution < 1.29 is 14.3 Å². The van der Waals surface area contributed by atoms with Gasteiger partial charge in [0.2, 0.25) is 0 Å². The molecule has 0 amide bonds. The molecular weight excluding hydrogens is 158 g/mol. The number of esters is 1. The van der Waals surface area contributed by atoms with Crippen LogP contribution in [-0.4, -0.2) is 43.8 Å². The van der Waals surface area contributed by atoms with Crippen molar-refractivity contribution in [2.24, 2.45) is 0 Å². The molecule has 0 bridgehead atoms. The molecule has 0 aromatic heterocycles. The maximum atomic E-state index is 11.1. The van der Waals surface area contributed by atoms with Crippen LogP contribution in [0.2, 0.25) is 0 Å². The largest absolute Gasteiger partial charge is 0.457 e. The summed E-state index contributed by atoms with van der Waals surface area (Å²) >= 11 is 0. The molecule has 0 aliphatic carbocycles. The Morgan fingerprint density at radius 2 is 2.08 bits per heavy atom. The van der Waals surface area contributed by atoms with Gasteiger partial charge in [0.25, 0.3) is 0 Å². The highest BCUT2D eigenvalue weighted by Gasteiger charge is 2.24. The zero-order valence-corrected chi connectivity index (χ0v) is 6.78. The lowest BCUT2D eigenvalue weighted by atomic mass is 10.3. The van der Waals surface area contributed by atoms with E-state index in [0.717, 1.165) is 13.1 Å². The van der Waals surface area contributed by atoms with Crippen LogP contribution < -0.4 is 0 Å². The molecule has 0 saturated carbocycles. The fraction of sp³-hybridized carbons (Fsp3) is 0.625. The van der Waals surface area contributed by atoms with Gasteiger partial charge in [0.15, 0.2) is 0 Å². The van der Waals surface area contributed by atoms with Gasteiger partial charge in [0.05, 0.1) is 13.2 Å². The molecule has 0 radical (unpaired) electrons. The number of cyclic esters (lactones) is 1. The number of ether oxygens (including phenoxy) is 2. The van der Waals surface area contributed by atoms with E-state index in [0.29, 0.717) is 25.5 Å². The highest BCUT2D eigenvalue weighted by molar-refractivity contribution is 5.89. The monoisotopic (exact) mass is 169 g/mol. The van der Waals surface area contributed by atoms with Crippen LogP contribution in [0.25, 0.3) is 0 Å². The van der Waals surface area contributed by atoms with Gasteiger partial charge in [-0.2, -0.15) is 0 Å². The summed E-state index contributed by atoms with van der Waals surface area (Å²) in [6.45, 7) is 3.41. The fourth-order valence-corrected chi connectivity index (χ4v) is 1.42. The van der Waals surface area contributed by atoms with Gasteiger partial charge in [-0.1, -0.05) is 0 Å². The Hall–Kier alpha value is -1.03. The zero-order chi connectivity index (χ0) is 8.39. The average molecular weight is 169 g/mol. The van der Waals surface area contributed by atoms with Crippen LogP contribution in [0.4, 0.5) is 0 Å². The Bertz CT molecular complexity index is 218. The topological polar surface area (TPSA) is 38.8 Å². The van der Waals surface area contributed by atoms with Crippen molar-refractivity contribution in [1.29, 1.82) is 0 Å². The molecule has 2 rings (SSSR count). The maximum absolute atomic E-state index is 11.1. The van der Waals surface area contributed by atoms with E-state index in [1.807, 2.05) is 11.0 Å². The van der Waals surface area contributed by atoms with Crippen LogP contribution in [0, 0.1) is 0 Å². The third-order valence-corrected chi connectivity index (χ3v) is 2.05. The maximum Gasteiger partial charge on any atom is 0.354 e. The van der Waals surface area contributed by atoms with Crippen LogP contribution in [0.3, 0.4) is 0 Å². The molecule has 4 nitrogen and oxygen atoms in total. The third kappa shape index (κ3) is 1.30. The Kier molecular flexibility index (Phi) is 1.99. The fourth-order valence-electron chi connectivity index (χ4n) is 1.42. The Labute approximate surface area is 70.7 Å². The average Bonchev–Trinajstić information content (AvgIpc) is 2.53. The standard InChI is InChI=1S/C8H11NO3/c10-8-7(1-4-12-8)9-2-5-11-6-3-9/h1H,2-6H2. The second-order valence-corrected chi connectivity index (χ2v) is 2.79. The highest BCUT2D eigenvalue weighted by atomic mass is 16.5. The summed E-state index contributed by atoms with van der Waals surface area (Å²) in [7, 11) is 0. The first-order valence-electron chi connectivity index (χ1n) is 4.08. The Morgan fingerprint density at radius 3 is 2.67 bits per heavy atom. The molecule has 2 aliphatic rings. The second kappa shape index (κ2) is 3.15. The van der Waals surface area contributed by atoms with Crippen molar-refractivity contribution in [2.75, 3.05) is 32.9 Å². The van der Waals surface area contributed by atoms with Crippen LogP contribution in [0.15, 0.2) is 11.8 Å². The van der Waals surface area contributed by atoms with Crippen molar-refractivity contribution in [3.8, 4) is 0 Å². The van der Waals surface area contributed by atoms with Crippen LogP contribution in [-0.2, 0) is 14.3 Å². The SMILES string of the molecule is O=C1OCC=C1N1CCOCC1. The lowest BCUT2D eigenvalue weighted by molar-refractivity contribution is -0.137. The van der Waals surface area contributed by atoms with E-state index in [2.05, 4.69) is 0 Å². The summed E-state index contributed by atoms with van der Waals surface area (Å²) in [4.78, 5) is 13.1. The summed E-state index contributed by atoms with van der Waals surface area (Å²) < 4.78 is 9.98. The number of carbonyl (C=O) groups is 1.